The first-order valence-corrected chi connectivity index (χ1v) is 27.5. The van der Waals surface area contributed by atoms with E-state index in [1.165, 1.54) is 55.3 Å². The maximum Gasteiger partial charge on any atom is 0.143 e. The summed E-state index contributed by atoms with van der Waals surface area (Å²) in [7, 11) is 0. The van der Waals surface area contributed by atoms with Crippen molar-refractivity contribution >= 4 is 71.7 Å². The number of furan rings is 2. The summed E-state index contributed by atoms with van der Waals surface area (Å²) in [5.41, 5.74) is 22.7. The van der Waals surface area contributed by atoms with Crippen molar-refractivity contribution in [1.29, 1.82) is 0 Å². The molecule has 2 aromatic heterocycles. The summed E-state index contributed by atoms with van der Waals surface area (Å²) in [6.45, 7) is 0. The van der Waals surface area contributed by atoms with Crippen LogP contribution in [-0.2, 0) is 5.41 Å². The Morgan fingerprint density at radius 3 is 1.29 bits per heavy atom. The van der Waals surface area contributed by atoms with Gasteiger partial charge in [-0.3, -0.25) is 0 Å². The molecule has 0 spiro atoms. The van der Waals surface area contributed by atoms with Gasteiger partial charge in [-0.25, -0.2) is 0 Å². The number of rotatable bonds is 9. The molecule has 1 aliphatic rings. The van der Waals surface area contributed by atoms with Crippen molar-refractivity contribution < 1.29 is 8.83 Å². The van der Waals surface area contributed by atoms with Crippen LogP contribution < -0.4 is 4.90 Å². The van der Waals surface area contributed by atoms with Crippen LogP contribution in [0.4, 0.5) is 17.1 Å². The smallest absolute Gasteiger partial charge is 0.143 e. The van der Waals surface area contributed by atoms with Crippen molar-refractivity contribution in [1.82, 2.24) is 0 Å². The van der Waals surface area contributed by atoms with Crippen LogP contribution in [0.3, 0.4) is 0 Å². The summed E-state index contributed by atoms with van der Waals surface area (Å²) < 4.78 is 13.1. The van der Waals surface area contributed by atoms with E-state index < -0.39 is 5.41 Å². The molecule has 0 bridgehead atoms. The first kappa shape index (κ1) is 45.7. The average molecular weight is 1020 g/mol. The van der Waals surface area contributed by atoms with Gasteiger partial charge in [-0.05, 0) is 132 Å². The van der Waals surface area contributed by atoms with Crippen LogP contribution in [0.5, 0.6) is 0 Å². The zero-order valence-electron chi connectivity index (χ0n) is 43.6. The van der Waals surface area contributed by atoms with Crippen LogP contribution in [0.25, 0.3) is 110 Å². The van der Waals surface area contributed by atoms with Crippen LogP contribution in [0.15, 0.2) is 306 Å². The lowest BCUT2D eigenvalue weighted by Gasteiger charge is -2.34. The fourth-order valence-corrected chi connectivity index (χ4v) is 13.1. The Morgan fingerprint density at radius 1 is 0.250 bits per heavy atom. The molecule has 0 fully saturated rings. The first-order chi connectivity index (χ1) is 39.7. The fraction of sp³-hybridized carbons (Fsp3) is 0.0130. The zero-order chi connectivity index (χ0) is 52.7. The SMILES string of the molecule is c1ccc(N(c2ccc(-c3ccc4c(c3)-c3ccccc3C4(c3ccc(-c4cccc5c4oc4ccccc45)cc3)c3ccc(-c4cccc5c4oc4ccccc45)cc3)cc2)c2ccc(-c3cccc4ccccc34)cc2)cc1. The van der Waals surface area contributed by atoms with Crippen LogP contribution in [-0.4, -0.2) is 0 Å². The second-order valence-corrected chi connectivity index (χ2v) is 21.1. The monoisotopic (exact) mass is 1020 g/mol. The van der Waals surface area contributed by atoms with Crippen molar-refractivity contribution in [3.8, 4) is 55.6 Å². The Balaban J connectivity index is 0.807. The number of para-hydroxylation sites is 5. The van der Waals surface area contributed by atoms with Gasteiger partial charge in [0.05, 0.1) is 5.41 Å². The molecule has 0 N–H and O–H groups in total. The standard InChI is InChI=1S/C77H49NO2/c1-2-17-58(18-3-1)78(60-46-37-52(38-47-60)62-23-12-16-51-15-4-5-19-61(51)62)59-44-35-50(36-45-59)55-39-48-72-70(49-55)65-20-6-9-28-71(65)77(72,56-40-31-53(32-41-56)63-24-13-26-68-66-21-7-10-29-73(66)79-75(63)68)57-42-33-54(34-43-57)64-25-14-27-69-67-22-8-11-30-74(67)80-76(64)69/h1-49H. The molecule has 80 heavy (non-hydrogen) atoms. The molecule has 3 heteroatoms. The summed E-state index contributed by atoms with van der Waals surface area (Å²) in [6, 6.07) is 108. The topological polar surface area (TPSA) is 29.5 Å². The van der Waals surface area contributed by atoms with E-state index in [4.69, 9.17) is 8.83 Å². The van der Waals surface area contributed by atoms with Crippen molar-refractivity contribution in [2.45, 2.75) is 5.41 Å². The highest BCUT2D eigenvalue weighted by Crippen LogP contribution is 2.57. The van der Waals surface area contributed by atoms with E-state index in [1.807, 2.05) is 12.1 Å². The third-order valence-corrected chi connectivity index (χ3v) is 16.8. The third-order valence-electron chi connectivity index (χ3n) is 16.8. The first-order valence-electron chi connectivity index (χ1n) is 27.5. The lowest BCUT2D eigenvalue weighted by molar-refractivity contribution is 0.669. The van der Waals surface area contributed by atoms with E-state index in [1.54, 1.807) is 0 Å². The maximum absolute atomic E-state index is 6.57. The predicted octanol–water partition coefficient (Wildman–Crippen LogP) is 21.1. The van der Waals surface area contributed by atoms with E-state index in [9.17, 15) is 0 Å². The van der Waals surface area contributed by atoms with Crippen LogP contribution >= 0.6 is 0 Å². The molecule has 0 amide bonds. The molecule has 0 aliphatic heterocycles. The second kappa shape index (κ2) is 18.3. The van der Waals surface area contributed by atoms with Crippen molar-refractivity contribution in [2.24, 2.45) is 0 Å². The van der Waals surface area contributed by atoms with Gasteiger partial charge in [0.1, 0.15) is 22.3 Å². The van der Waals surface area contributed by atoms with Crippen molar-refractivity contribution in [3.05, 3.63) is 320 Å². The van der Waals surface area contributed by atoms with Gasteiger partial charge in [-0.2, -0.15) is 0 Å². The molecule has 13 aromatic carbocycles. The molecule has 374 valence electrons. The Labute approximate surface area is 463 Å². The Bertz CT molecular complexity index is 4690. The lowest BCUT2D eigenvalue weighted by atomic mass is 9.67. The molecule has 0 saturated heterocycles. The summed E-state index contributed by atoms with van der Waals surface area (Å²) in [4.78, 5) is 2.34. The van der Waals surface area contributed by atoms with Crippen molar-refractivity contribution in [3.63, 3.8) is 0 Å². The lowest BCUT2D eigenvalue weighted by Crippen LogP contribution is -2.28. The minimum Gasteiger partial charge on any atom is -0.455 e. The number of anilines is 3. The molecule has 0 unspecified atom stereocenters. The summed E-state index contributed by atoms with van der Waals surface area (Å²) in [5.74, 6) is 0. The van der Waals surface area contributed by atoms with Gasteiger partial charge in [-0.1, -0.05) is 243 Å². The zero-order valence-corrected chi connectivity index (χ0v) is 43.6. The second-order valence-electron chi connectivity index (χ2n) is 21.1. The highest BCUT2D eigenvalue weighted by molar-refractivity contribution is 6.11. The van der Waals surface area contributed by atoms with Crippen LogP contribution in [0.1, 0.15) is 22.3 Å². The highest BCUT2D eigenvalue weighted by Gasteiger charge is 2.46. The van der Waals surface area contributed by atoms with Gasteiger partial charge in [0.2, 0.25) is 0 Å². The van der Waals surface area contributed by atoms with Crippen molar-refractivity contribution in [2.75, 3.05) is 4.90 Å². The predicted molar refractivity (Wildman–Crippen MR) is 332 cm³/mol. The van der Waals surface area contributed by atoms with Gasteiger partial charge in [0.15, 0.2) is 0 Å². The number of fused-ring (bicyclic) bond motifs is 10. The summed E-state index contributed by atoms with van der Waals surface area (Å²) >= 11 is 0. The fourth-order valence-electron chi connectivity index (χ4n) is 13.1. The minimum atomic E-state index is -0.637. The minimum absolute atomic E-state index is 0.637. The average Bonchev–Trinajstić information content (AvgIpc) is 4.22. The molecule has 0 atom stereocenters. The normalized spacial score (nSPS) is 12.6. The number of hydrogen-bond acceptors (Lipinski definition) is 3. The van der Waals surface area contributed by atoms with Gasteiger partial charge in [0.25, 0.3) is 0 Å². The van der Waals surface area contributed by atoms with E-state index >= 15 is 0 Å². The van der Waals surface area contributed by atoms with Gasteiger partial charge in [-0.15, -0.1) is 0 Å². The molecule has 2 heterocycles. The van der Waals surface area contributed by atoms with Gasteiger partial charge < -0.3 is 13.7 Å². The van der Waals surface area contributed by atoms with E-state index in [-0.39, 0.29) is 0 Å². The van der Waals surface area contributed by atoms with Crippen LogP contribution in [0, 0.1) is 0 Å². The number of hydrogen-bond donors (Lipinski definition) is 0. The van der Waals surface area contributed by atoms with E-state index in [0.717, 1.165) is 94.3 Å². The summed E-state index contributed by atoms with van der Waals surface area (Å²) in [5, 5.41) is 7.00. The highest BCUT2D eigenvalue weighted by atomic mass is 16.3. The number of benzene rings is 13. The molecule has 15 aromatic rings. The van der Waals surface area contributed by atoms with Gasteiger partial charge in [0, 0.05) is 49.7 Å². The molecular weight excluding hydrogens is 971 g/mol. The Kier molecular flexibility index (Phi) is 10.5. The van der Waals surface area contributed by atoms with E-state index in [0.29, 0.717) is 0 Å². The molecule has 16 rings (SSSR count). The summed E-state index contributed by atoms with van der Waals surface area (Å²) in [6.07, 6.45) is 0. The van der Waals surface area contributed by atoms with Crippen LogP contribution in [0.2, 0.25) is 0 Å². The van der Waals surface area contributed by atoms with Gasteiger partial charge >= 0.3 is 0 Å². The molecule has 0 saturated carbocycles. The Morgan fingerprint density at radius 2 is 0.662 bits per heavy atom. The molecule has 3 nitrogen and oxygen atoms in total. The third kappa shape index (κ3) is 7.14. The quantitative estimate of drug-likeness (QED) is 0.144. The molecule has 0 radical (unpaired) electrons. The molecular formula is C77H49NO2. The number of nitrogens with zero attached hydrogens (tertiary/aromatic N) is 1. The molecule has 1 aliphatic carbocycles. The Hall–Kier alpha value is -10.5. The maximum atomic E-state index is 6.57. The largest absolute Gasteiger partial charge is 0.455 e. The van der Waals surface area contributed by atoms with E-state index in [2.05, 4.69) is 290 Å².